The van der Waals surface area contributed by atoms with Crippen molar-refractivity contribution in [2.24, 2.45) is 5.92 Å². The third-order valence-corrected chi connectivity index (χ3v) is 7.08. The average Bonchev–Trinajstić information content (AvgIpc) is 2.74. The molecule has 0 saturated carbocycles. The van der Waals surface area contributed by atoms with E-state index in [0.717, 1.165) is 24.8 Å². The van der Waals surface area contributed by atoms with E-state index in [9.17, 15) is 13.2 Å². The maximum absolute atomic E-state index is 12.5. The van der Waals surface area contributed by atoms with Gasteiger partial charge in [-0.3, -0.25) is 9.10 Å². The predicted octanol–water partition coefficient (Wildman–Crippen LogP) is 5.56. The second-order valence-electron chi connectivity index (χ2n) is 7.98. The lowest BCUT2D eigenvalue weighted by Crippen LogP contribution is -2.30. The van der Waals surface area contributed by atoms with Gasteiger partial charge in [0.05, 0.1) is 18.5 Å². The SMILES string of the molecule is CCCCC(CC)CNC(=O)c1ccc(CN(c2cccc(Cl)c2C)S(C)(=O)=O)cc1. The van der Waals surface area contributed by atoms with Crippen molar-refractivity contribution >= 4 is 33.2 Å². The predicted molar refractivity (Wildman–Crippen MR) is 129 cm³/mol. The van der Waals surface area contributed by atoms with Crippen molar-refractivity contribution in [2.45, 2.75) is 53.0 Å². The molecule has 0 bridgehead atoms. The highest BCUT2D eigenvalue weighted by molar-refractivity contribution is 7.92. The highest BCUT2D eigenvalue weighted by Crippen LogP contribution is 2.29. The van der Waals surface area contributed by atoms with Gasteiger partial charge in [-0.25, -0.2) is 8.42 Å². The van der Waals surface area contributed by atoms with Crippen molar-refractivity contribution in [1.29, 1.82) is 0 Å². The van der Waals surface area contributed by atoms with Gasteiger partial charge in [0, 0.05) is 17.1 Å². The van der Waals surface area contributed by atoms with Crippen LogP contribution in [0.3, 0.4) is 0 Å². The van der Waals surface area contributed by atoms with Gasteiger partial charge in [-0.05, 0) is 54.7 Å². The summed E-state index contributed by atoms with van der Waals surface area (Å²) in [6.07, 6.45) is 5.68. The smallest absolute Gasteiger partial charge is 0.251 e. The van der Waals surface area contributed by atoms with Crippen molar-refractivity contribution in [3.8, 4) is 0 Å². The summed E-state index contributed by atoms with van der Waals surface area (Å²) >= 11 is 6.19. The van der Waals surface area contributed by atoms with Gasteiger partial charge in [0.25, 0.3) is 5.91 Å². The van der Waals surface area contributed by atoms with Crippen LogP contribution in [0.15, 0.2) is 42.5 Å². The molecule has 1 atom stereocenters. The zero-order valence-electron chi connectivity index (χ0n) is 18.8. The molecule has 1 unspecified atom stereocenters. The number of hydrogen-bond acceptors (Lipinski definition) is 3. The summed E-state index contributed by atoms with van der Waals surface area (Å²) in [5, 5.41) is 3.54. The van der Waals surface area contributed by atoms with Gasteiger partial charge in [0.2, 0.25) is 10.0 Å². The van der Waals surface area contributed by atoms with Crippen LogP contribution in [0.5, 0.6) is 0 Å². The number of nitrogens with one attached hydrogen (secondary N) is 1. The zero-order valence-corrected chi connectivity index (χ0v) is 20.4. The maximum Gasteiger partial charge on any atom is 0.251 e. The maximum atomic E-state index is 12.5. The first kappa shape index (κ1) is 25.2. The van der Waals surface area contributed by atoms with E-state index >= 15 is 0 Å². The molecule has 2 aromatic rings. The van der Waals surface area contributed by atoms with Crippen molar-refractivity contribution in [2.75, 3.05) is 17.1 Å². The summed E-state index contributed by atoms with van der Waals surface area (Å²) in [4.78, 5) is 12.5. The van der Waals surface area contributed by atoms with Gasteiger partial charge in [-0.15, -0.1) is 0 Å². The Hall–Kier alpha value is -2.05. The lowest BCUT2D eigenvalue weighted by Gasteiger charge is -2.24. The molecule has 0 saturated heterocycles. The Bertz CT molecular complexity index is 975. The fourth-order valence-corrected chi connectivity index (χ4v) is 4.57. The van der Waals surface area contributed by atoms with Gasteiger partial charge in [-0.2, -0.15) is 0 Å². The summed E-state index contributed by atoms with van der Waals surface area (Å²) in [6, 6.07) is 12.3. The van der Waals surface area contributed by atoms with Crippen LogP contribution in [0.1, 0.15) is 61.0 Å². The van der Waals surface area contributed by atoms with Gasteiger partial charge in [0.15, 0.2) is 0 Å². The third kappa shape index (κ3) is 7.25. The Morgan fingerprint density at radius 2 is 1.81 bits per heavy atom. The Kier molecular flexibility index (Phi) is 9.38. The van der Waals surface area contributed by atoms with Gasteiger partial charge < -0.3 is 5.32 Å². The minimum atomic E-state index is -3.52. The summed E-state index contributed by atoms with van der Waals surface area (Å²) in [5.41, 5.74) is 2.61. The fraction of sp³-hybridized carbons (Fsp3) is 0.458. The number of amides is 1. The van der Waals surface area contributed by atoms with Gasteiger partial charge in [-0.1, -0.05) is 62.9 Å². The number of halogens is 1. The lowest BCUT2D eigenvalue weighted by atomic mass is 9.99. The highest BCUT2D eigenvalue weighted by atomic mass is 35.5. The molecular formula is C24H33ClN2O3S. The molecule has 170 valence electrons. The van der Waals surface area contributed by atoms with Crippen LogP contribution >= 0.6 is 11.6 Å². The van der Waals surface area contributed by atoms with E-state index in [2.05, 4.69) is 19.2 Å². The van der Waals surface area contributed by atoms with Crippen LogP contribution < -0.4 is 9.62 Å². The topological polar surface area (TPSA) is 66.5 Å². The first-order chi connectivity index (χ1) is 14.7. The molecule has 0 aliphatic carbocycles. The molecule has 2 rings (SSSR count). The zero-order chi connectivity index (χ0) is 23.0. The number of rotatable bonds is 11. The van der Waals surface area contributed by atoms with Crippen molar-refractivity contribution < 1.29 is 13.2 Å². The van der Waals surface area contributed by atoms with Crippen LogP contribution in [0.4, 0.5) is 5.69 Å². The van der Waals surface area contributed by atoms with E-state index in [4.69, 9.17) is 11.6 Å². The molecule has 0 aliphatic rings. The monoisotopic (exact) mass is 464 g/mol. The molecule has 31 heavy (non-hydrogen) atoms. The summed E-state index contributed by atoms with van der Waals surface area (Å²) < 4.78 is 26.2. The van der Waals surface area contributed by atoms with Gasteiger partial charge >= 0.3 is 0 Å². The van der Waals surface area contributed by atoms with E-state index < -0.39 is 10.0 Å². The number of sulfonamides is 1. The standard InChI is InChI=1S/C24H33ClN2O3S/c1-5-7-9-19(6-2)16-26-24(28)21-14-12-20(13-15-21)17-27(31(4,29)30)23-11-8-10-22(25)18(23)3/h8,10-15,19H,5-7,9,16-17H2,1-4H3,(H,26,28). The number of hydrogen-bond donors (Lipinski definition) is 1. The largest absolute Gasteiger partial charge is 0.352 e. The van der Waals surface area contributed by atoms with E-state index in [1.54, 1.807) is 49.4 Å². The Morgan fingerprint density at radius 3 is 2.39 bits per heavy atom. The van der Waals surface area contributed by atoms with E-state index in [-0.39, 0.29) is 12.5 Å². The summed E-state index contributed by atoms with van der Waals surface area (Å²) in [6.45, 7) is 6.96. The lowest BCUT2D eigenvalue weighted by molar-refractivity contribution is 0.0946. The molecule has 7 heteroatoms. The van der Waals surface area contributed by atoms with Crippen molar-refractivity contribution in [3.05, 3.63) is 64.2 Å². The Morgan fingerprint density at radius 1 is 1.13 bits per heavy atom. The summed E-state index contributed by atoms with van der Waals surface area (Å²) in [7, 11) is -3.52. The minimum Gasteiger partial charge on any atom is -0.352 e. The van der Waals surface area contributed by atoms with Gasteiger partial charge in [0.1, 0.15) is 0 Å². The molecule has 5 nitrogen and oxygen atoms in total. The Labute approximate surface area is 191 Å². The molecule has 0 aliphatic heterocycles. The molecule has 0 spiro atoms. The number of carbonyl (C=O) groups is 1. The molecule has 1 amide bonds. The highest BCUT2D eigenvalue weighted by Gasteiger charge is 2.21. The number of unbranched alkanes of at least 4 members (excludes halogenated alkanes) is 1. The second-order valence-corrected chi connectivity index (χ2v) is 10.3. The second kappa shape index (κ2) is 11.5. The molecular weight excluding hydrogens is 432 g/mol. The minimum absolute atomic E-state index is 0.104. The Balaban J connectivity index is 2.11. The molecule has 0 aromatic heterocycles. The molecule has 2 aromatic carbocycles. The van der Waals surface area contributed by atoms with Crippen LogP contribution in [0.2, 0.25) is 5.02 Å². The third-order valence-electron chi connectivity index (χ3n) is 5.55. The molecule has 0 radical (unpaired) electrons. The summed E-state index contributed by atoms with van der Waals surface area (Å²) in [5.74, 6) is 0.389. The first-order valence-corrected chi connectivity index (χ1v) is 13.0. The van der Waals surface area contributed by atoms with Crippen LogP contribution in [-0.4, -0.2) is 27.1 Å². The fourth-order valence-electron chi connectivity index (χ4n) is 3.46. The molecule has 0 fully saturated rings. The van der Waals surface area contributed by atoms with Crippen LogP contribution in [0.25, 0.3) is 0 Å². The quantitative estimate of drug-likeness (QED) is 0.473. The number of anilines is 1. The van der Waals surface area contributed by atoms with Crippen molar-refractivity contribution in [3.63, 3.8) is 0 Å². The molecule has 1 N–H and O–H groups in total. The van der Waals surface area contributed by atoms with E-state index in [1.807, 2.05) is 0 Å². The number of nitrogens with zero attached hydrogens (tertiary/aromatic N) is 1. The van der Waals surface area contributed by atoms with Crippen molar-refractivity contribution in [1.82, 2.24) is 5.32 Å². The van der Waals surface area contributed by atoms with E-state index in [0.29, 0.717) is 34.3 Å². The van der Waals surface area contributed by atoms with E-state index in [1.165, 1.54) is 17.0 Å². The number of benzene rings is 2. The first-order valence-electron chi connectivity index (χ1n) is 10.8. The van der Waals surface area contributed by atoms with Crippen LogP contribution in [-0.2, 0) is 16.6 Å². The van der Waals surface area contributed by atoms with Crippen LogP contribution in [0, 0.1) is 12.8 Å². The molecule has 0 heterocycles. The average molecular weight is 465 g/mol. The number of carbonyl (C=O) groups excluding carboxylic acids is 1. The normalized spacial score (nSPS) is 12.4.